The van der Waals surface area contributed by atoms with Gasteiger partial charge in [0, 0.05) is 5.56 Å². The molecule has 0 fully saturated rings. The lowest BCUT2D eigenvalue weighted by Gasteiger charge is -2.09. The number of hydrogen-bond donors (Lipinski definition) is 1. The first-order chi connectivity index (χ1) is 8.40. The van der Waals surface area contributed by atoms with Gasteiger partial charge in [-0.15, -0.1) is 0 Å². The minimum absolute atomic E-state index is 0.107. The molecular weight excluding hydrogens is 230 g/mol. The smallest absolute Gasteiger partial charge is 0.325 e. The third kappa shape index (κ3) is 4.20. The summed E-state index contributed by atoms with van der Waals surface area (Å²) in [7, 11) is 0. The van der Waals surface area contributed by atoms with Gasteiger partial charge in [-0.1, -0.05) is 6.07 Å². The molecule has 98 valence electrons. The number of ether oxygens (including phenoxy) is 1. The van der Waals surface area contributed by atoms with E-state index in [1.807, 2.05) is 19.9 Å². The Morgan fingerprint density at radius 1 is 1.22 bits per heavy atom. The second-order valence-electron chi connectivity index (χ2n) is 4.52. The molecule has 18 heavy (non-hydrogen) atoms. The Kier molecular flexibility index (Phi) is 4.89. The first kappa shape index (κ1) is 14.2. The molecule has 4 nitrogen and oxygen atoms in total. The molecule has 1 rings (SSSR count). The Bertz CT molecular complexity index is 452. The fraction of sp³-hybridized carbons (Fsp3) is 0.429. The largest absolute Gasteiger partial charge is 0.462 e. The maximum atomic E-state index is 11.8. The fourth-order valence-corrected chi connectivity index (χ4v) is 1.44. The zero-order chi connectivity index (χ0) is 13.7. The van der Waals surface area contributed by atoms with Crippen molar-refractivity contribution in [3.05, 3.63) is 34.9 Å². The Balaban J connectivity index is 2.55. The van der Waals surface area contributed by atoms with Crippen LogP contribution in [0, 0.1) is 13.8 Å². The predicted molar refractivity (Wildman–Crippen MR) is 69.5 cm³/mol. The molecule has 0 aliphatic rings. The Morgan fingerprint density at radius 2 is 1.89 bits per heavy atom. The van der Waals surface area contributed by atoms with Crippen LogP contribution < -0.4 is 5.32 Å². The average Bonchev–Trinajstić information content (AvgIpc) is 2.28. The Morgan fingerprint density at radius 3 is 2.44 bits per heavy atom. The molecule has 0 spiro atoms. The maximum Gasteiger partial charge on any atom is 0.325 e. The molecule has 0 unspecified atom stereocenters. The van der Waals surface area contributed by atoms with Crippen LogP contribution in [0.25, 0.3) is 0 Å². The highest BCUT2D eigenvalue weighted by molar-refractivity contribution is 5.96. The highest BCUT2D eigenvalue weighted by atomic mass is 16.5. The van der Waals surface area contributed by atoms with E-state index in [-0.39, 0.29) is 18.6 Å². The number of carbonyl (C=O) groups excluding carboxylic acids is 2. The van der Waals surface area contributed by atoms with Gasteiger partial charge in [0.15, 0.2) is 0 Å². The number of rotatable bonds is 4. The van der Waals surface area contributed by atoms with Crippen LogP contribution in [0.4, 0.5) is 0 Å². The number of hydrogen-bond acceptors (Lipinski definition) is 3. The van der Waals surface area contributed by atoms with E-state index in [9.17, 15) is 9.59 Å². The molecule has 1 N–H and O–H groups in total. The summed E-state index contributed by atoms with van der Waals surface area (Å²) in [5, 5.41) is 2.54. The van der Waals surface area contributed by atoms with E-state index in [2.05, 4.69) is 5.32 Å². The van der Waals surface area contributed by atoms with E-state index in [1.165, 1.54) is 0 Å². The molecule has 4 heteroatoms. The van der Waals surface area contributed by atoms with E-state index >= 15 is 0 Å². The summed E-state index contributed by atoms with van der Waals surface area (Å²) in [5.74, 6) is -0.694. The SMILES string of the molecule is Cc1ccc(C(=O)NCC(=O)OC(C)C)cc1C. The summed E-state index contributed by atoms with van der Waals surface area (Å²) in [6.07, 6.45) is -0.170. The van der Waals surface area contributed by atoms with Crippen molar-refractivity contribution in [2.75, 3.05) is 6.54 Å². The average molecular weight is 249 g/mol. The van der Waals surface area contributed by atoms with Crippen LogP contribution in [0.15, 0.2) is 18.2 Å². The Labute approximate surface area is 107 Å². The first-order valence-corrected chi connectivity index (χ1v) is 5.95. The molecule has 0 radical (unpaired) electrons. The maximum absolute atomic E-state index is 11.8. The molecule has 0 heterocycles. The zero-order valence-corrected chi connectivity index (χ0v) is 11.2. The first-order valence-electron chi connectivity index (χ1n) is 5.95. The topological polar surface area (TPSA) is 55.4 Å². The van der Waals surface area contributed by atoms with Crippen LogP contribution >= 0.6 is 0 Å². The molecule has 0 saturated heterocycles. The fourth-order valence-electron chi connectivity index (χ4n) is 1.44. The van der Waals surface area contributed by atoms with Crippen molar-refractivity contribution in [1.82, 2.24) is 5.32 Å². The van der Waals surface area contributed by atoms with Gasteiger partial charge in [-0.25, -0.2) is 0 Å². The van der Waals surface area contributed by atoms with Gasteiger partial charge < -0.3 is 10.1 Å². The minimum Gasteiger partial charge on any atom is -0.462 e. The lowest BCUT2D eigenvalue weighted by Crippen LogP contribution is -2.31. The van der Waals surface area contributed by atoms with Crippen molar-refractivity contribution in [1.29, 1.82) is 0 Å². The van der Waals surface area contributed by atoms with Gasteiger partial charge in [0.05, 0.1) is 6.10 Å². The van der Waals surface area contributed by atoms with Gasteiger partial charge >= 0.3 is 5.97 Å². The Hall–Kier alpha value is -1.84. The van der Waals surface area contributed by atoms with Gasteiger partial charge in [-0.05, 0) is 51.0 Å². The lowest BCUT2D eigenvalue weighted by atomic mass is 10.1. The summed E-state index contributed by atoms with van der Waals surface area (Å²) in [6, 6.07) is 5.43. The zero-order valence-electron chi connectivity index (χ0n) is 11.2. The molecule has 0 saturated carbocycles. The monoisotopic (exact) mass is 249 g/mol. The van der Waals surface area contributed by atoms with Crippen molar-refractivity contribution in [2.24, 2.45) is 0 Å². The highest BCUT2D eigenvalue weighted by Gasteiger charge is 2.10. The van der Waals surface area contributed by atoms with E-state index in [4.69, 9.17) is 4.74 Å². The number of amides is 1. The third-order valence-corrected chi connectivity index (χ3v) is 2.53. The standard InChI is InChI=1S/C14H19NO3/c1-9(2)18-13(16)8-15-14(17)12-6-5-10(3)11(4)7-12/h5-7,9H,8H2,1-4H3,(H,15,17). The van der Waals surface area contributed by atoms with Gasteiger partial charge in [0.25, 0.3) is 5.91 Å². The van der Waals surface area contributed by atoms with Gasteiger partial charge in [0.2, 0.25) is 0 Å². The number of benzene rings is 1. The van der Waals surface area contributed by atoms with Crippen molar-refractivity contribution in [2.45, 2.75) is 33.8 Å². The second kappa shape index (κ2) is 6.19. The van der Waals surface area contributed by atoms with E-state index in [0.29, 0.717) is 5.56 Å². The number of aryl methyl sites for hydroxylation is 2. The van der Waals surface area contributed by atoms with Crippen LogP contribution in [-0.4, -0.2) is 24.5 Å². The number of carbonyl (C=O) groups is 2. The van der Waals surface area contributed by atoms with Crippen LogP contribution in [0.1, 0.15) is 35.3 Å². The number of nitrogens with one attached hydrogen (secondary N) is 1. The van der Waals surface area contributed by atoms with Crippen LogP contribution in [0.3, 0.4) is 0 Å². The third-order valence-electron chi connectivity index (χ3n) is 2.53. The molecule has 0 atom stereocenters. The van der Waals surface area contributed by atoms with E-state index in [1.54, 1.807) is 26.0 Å². The summed E-state index contributed by atoms with van der Waals surface area (Å²) in [4.78, 5) is 23.1. The lowest BCUT2D eigenvalue weighted by molar-refractivity contribution is -0.146. The quantitative estimate of drug-likeness (QED) is 0.830. The van der Waals surface area contributed by atoms with Gasteiger partial charge in [-0.2, -0.15) is 0 Å². The van der Waals surface area contributed by atoms with E-state index < -0.39 is 5.97 Å². The summed E-state index contributed by atoms with van der Waals surface area (Å²) >= 11 is 0. The van der Waals surface area contributed by atoms with Crippen LogP contribution in [-0.2, 0) is 9.53 Å². The molecule has 1 aromatic carbocycles. The van der Waals surface area contributed by atoms with Crippen LogP contribution in [0.5, 0.6) is 0 Å². The molecule has 0 aliphatic carbocycles. The predicted octanol–water partition coefficient (Wildman–Crippen LogP) is 1.98. The van der Waals surface area contributed by atoms with Crippen molar-refractivity contribution < 1.29 is 14.3 Å². The highest BCUT2D eigenvalue weighted by Crippen LogP contribution is 2.09. The second-order valence-corrected chi connectivity index (χ2v) is 4.52. The molecule has 0 aliphatic heterocycles. The number of esters is 1. The van der Waals surface area contributed by atoms with E-state index in [0.717, 1.165) is 11.1 Å². The molecule has 1 aromatic rings. The summed E-state index contributed by atoms with van der Waals surface area (Å²) < 4.78 is 4.93. The summed E-state index contributed by atoms with van der Waals surface area (Å²) in [5.41, 5.74) is 2.73. The molecule has 1 amide bonds. The molecule has 0 aromatic heterocycles. The molecule has 0 bridgehead atoms. The van der Waals surface area contributed by atoms with Gasteiger partial charge in [-0.3, -0.25) is 9.59 Å². The van der Waals surface area contributed by atoms with Crippen molar-refractivity contribution in [3.63, 3.8) is 0 Å². The normalized spacial score (nSPS) is 10.3. The molecular formula is C14H19NO3. The summed E-state index contributed by atoms with van der Waals surface area (Å²) in [6.45, 7) is 7.35. The van der Waals surface area contributed by atoms with Crippen LogP contribution in [0.2, 0.25) is 0 Å². The van der Waals surface area contributed by atoms with Crippen molar-refractivity contribution >= 4 is 11.9 Å². The van der Waals surface area contributed by atoms with Crippen molar-refractivity contribution in [3.8, 4) is 0 Å². The minimum atomic E-state index is -0.429. The van der Waals surface area contributed by atoms with Gasteiger partial charge in [0.1, 0.15) is 6.54 Å².